The molecule has 0 fully saturated rings. The summed E-state index contributed by atoms with van der Waals surface area (Å²) in [5.74, 6) is -2.09. The molecule has 0 aromatic heterocycles. The molecule has 0 aliphatic heterocycles. The number of hydrogen-bond acceptors (Lipinski definition) is 5. The van der Waals surface area contributed by atoms with E-state index in [0.29, 0.717) is 0 Å². The van der Waals surface area contributed by atoms with Gasteiger partial charge in [-0.1, -0.05) is 13.8 Å². The number of nitrogens with two attached hydrogens (primary N) is 2. The third-order valence-corrected chi connectivity index (χ3v) is 1.52. The lowest BCUT2D eigenvalue weighted by Gasteiger charge is -2.07. The summed E-state index contributed by atoms with van der Waals surface area (Å²) < 4.78 is 0. The minimum atomic E-state index is -1.18. The molecule has 0 aliphatic rings. The molecule has 7 nitrogen and oxygen atoms in total. The monoisotopic (exact) mass is 222 g/mol. The molecular weight excluding hydrogens is 204 g/mol. The summed E-state index contributed by atoms with van der Waals surface area (Å²) in [6.45, 7) is 3.05. The maximum absolute atomic E-state index is 10.0. The molecule has 7 N–H and O–H groups in total. The van der Waals surface area contributed by atoms with E-state index in [1.807, 2.05) is 0 Å². The molecule has 0 saturated heterocycles. The van der Waals surface area contributed by atoms with Gasteiger partial charge in [-0.2, -0.15) is 0 Å². The van der Waals surface area contributed by atoms with E-state index >= 15 is 0 Å². The summed E-state index contributed by atoms with van der Waals surface area (Å²) in [6.07, 6.45) is 0. The molecule has 0 aromatic rings. The van der Waals surface area contributed by atoms with E-state index in [2.05, 4.69) is 0 Å². The summed E-state index contributed by atoms with van der Waals surface area (Å²) in [5.41, 5.74) is 9.93. The third-order valence-electron chi connectivity index (χ3n) is 1.52. The summed E-state index contributed by atoms with van der Waals surface area (Å²) in [5, 5.41) is 24.1. The van der Waals surface area contributed by atoms with Crippen molar-refractivity contribution >= 4 is 11.9 Å². The fourth-order valence-corrected chi connectivity index (χ4v) is 0.363. The fourth-order valence-electron chi connectivity index (χ4n) is 0.363. The van der Waals surface area contributed by atoms with Gasteiger partial charge >= 0.3 is 11.9 Å². The van der Waals surface area contributed by atoms with Crippen molar-refractivity contribution in [2.24, 2.45) is 17.4 Å². The second-order valence-corrected chi connectivity index (χ2v) is 3.24. The van der Waals surface area contributed by atoms with Crippen LogP contribution in [0.25, 0.3) is 0 Å². The van der Waals surface area contributed by atoms with Crippen LogP contribution in [0.5, 0.6) is 0 Å². The first kappa shape index (κ1) is 16.3. The van der Waals surface area contributed by atoms with Crippen molar-refractivity contribution in [2.45, 2.75) is 25.9 Å². The number of aliphatic hydroxyl groups is 1. The minimum Gasteiger partial charge on any atom is -0.480 e. The highest BCUT2D eigenvalue weighted by molar-refractivity contribution is 5.73. The average Bonchev–Trinajstić information content (AvgIpc) is 2.15. The summed E-state index contributed by atoms with van der Waals surface area (Å²) in [6, 6.07) is -1.84. The van der Waals surface area contributed by atoms with Gasteiger partial charge in [0.25, 0.3) is 0 Å². The van der Waals surface area contributed by atoms with E-state index in [9.17, 15) is 9.59 Å². The smallest absolute Gasteiger partial charge is 0.322 e. The zero-order valence-corrected chi connectivity index (χ0v) is 8.75. The normalized spacial score (nSPS) is 13.7. The van der Waals surface area contributed by atoms with Crippen LogP contribution in [0.1, 0.15) is 13.8 Å². The molecule has 0 rings (SSSR count). The van der Waals surface area contributed by atoms with Crippen molar-refractivity contribution in [3.63, 3.8) is 0 Å². The number of hydrogen-bond donors (Lipinski definition) is 5. The van der Waals surface area contributed by atoms with Crippen molar-refractivity contribution in [3.05, 3.63) is 0 Å². The van der Waals surface area contributed by atoms with Crippen LogP contribution < -0.4 is 11.5 Å². The van der Waals surface area contributed by atoms with Crippen LogP contribution in [-0.4, -0.2) is 45.9 Å². The molecule has 0 bridgehead atoms. The van der Waals surface area contributed by atoms with Crippen molar-refractivity contribution in [1.29, 1.82) is 0 Å². The minimum absolute atomic E-state index is 0.0208. The third kappa shape index (κ3) is 9.13. The predicted octanol–water partition coefficient (Wildman–Crippen LogP) is -1.56. The average molecular weight is 222 g/mol. The molecule has 0 unspecified atom stereocenters. The first-order valence-electron chi connectivity index (χ1n) is 4.31. The maximum Gasteiger partial charge on any atom is 0.322 e. The van der Waals surface area contributed by atoms with Crippen molar-refractivity contribution in [3.8, 4) is 0 Å². The molecule has 0 amide bonds. The SMILES string of the molecule is CC(C)[C@@H](N)C(=O)O.N[C@@H](CO)C(=O)O. The van der Waals surface area contributed by atoms with Gasteiger partial charge in [0.1, 0.15) is 12.1 Å². The molecule has 0 aromatic carbocycles. The molecule has 90 valence electrons. The quantitative estimate of drug-likeness (QED) is 0.386. The van der Waals surface area contributed by atoms with E-state index in [0.717, 1.165) is 0 Å². The Morgan fingerprint density at radius 2 is 1.53 bits per heavy atom. The van der Waals surface area contributed by atoms with E-state index < -0.39 is 30.6 Å². The van der Waals surface area contributed by atoms with Gasteiger partial charge in [-0.3, -0.25) is 9.59 Å². The van der Waals surface area contributed by atoms with Crippen LogP contribution in [0.2, 0.25) is 0 Å². The topological polar surface area (TPSA) is 147 Å². The molecular formula is C8H18N2O5. The molecule has 15 heavy (non-hydrogen) atoms. The van der Waals surface area contributed by atoms with E-state index in [4.69, 9.17) is 26.8 Å². The summed E-state index contributed by atoms with van der Waals surface area (Å²) >= 11 is 0. The fraction of sp³-hybridized carbons (Fsp3) is 0.750. The van der Waals surface area contributed by atoms with Gasteiger partial charge < -0.3 is 26.8 Å². The van der Waals surface area contributed by atoms with Gasteiger partial charge in [-0.05, 0) is 5.92 Å². The van der Waals surface area contributed by atoms with Gasteiger partial charge in [-0.25, -0.2) is 0 Å². The second-order valence-electron chi connectivity index (χ2n) is 3.24. The van der Waals surface area contributed by atoms with Gasteiger partial charge in [-0.15, -0.1) is 0 Å². The van der Waals surface area contributed by atoms with Gasteiger partial charge in [0, 0.05) is 0 Å². The Balaban J connectivity index is 0. The predicted molar refractivity (Wildman–Crippen MR) is 53.1 cm³/mol. The van der Waals surface area contributed by atoms with Crippen LogP contribution in [0.3, 0.4) is 0 Å². The molecule has 0 heterocycles. The standard InChI is InChI=1S/C5H11NO2.C3H7NO3/c1-3(2)4(6)5(7)8;4-2(1-5)3(6)7/h3-4H,6H2,1-2H3,(H,7,8);2,5H,1,4H2,(H,6,7)/t4-;2-/m10/s1. The van der Waals surface area contributed by atoms with E-state index in [-0.39, 0.29) is 5.92 Å². The summed E-state index contributed by atoms with van der Waals surface area (Å²) in [7, 11) is 0. The molecule has 0 saturated carbocycles. The van der Waals surface area contributed by atoms with Crippen LogP contribution in [0, 0.1) is 5.92 Å². The Bertz CT molecular complexity index is 207. The number of carbonyl (C=O) groups is 2. The lowest BCUT2D eigenvalue weighted by atomic mass is 10.1. The maximum atomic E-state index is 10.0. The Morgan fingerprint density at radius 1 is 1.13 bits per heavy atom. The number of carboxylic acid groups (broad SMARTS) is 2. The van der Waals surface area contributed by atoms with Crippen molar-refractivity contribution < 1.29 is 24.9 Å². The van der Waals surface area contributed by atoms with Gasteiger partial charge in [0.15, 0.2) is 0 Å². The Labute approximate surface area is 87.7 Å². The zero-order chi connectivity index (χ0) is 12.6. The van der Waals surface area contributed by atoms with E-state index in [1.54, 1.807) is 13.8 Å². The largest absolute Gasteiger partial charge is 0.480 e. The number of rotatable bonds is 4. The number of carboxylic acids is 2. The highest BCUT2D eigenvalue weighted by Gasteiger charge is 2.14. The van der Waals surface area contributed by atoms with Gasteiger partial charge in [0.2, 0.25) is 0 Å². The second kappa shape index (κ2) is 8.16. The molecule has 0 aliphatic carbocycles. The van der Waals surface area contributed by atoms with E-state index in [1.165, 1.54) is 0 Å². The Morgan fingerprint density at radius 3 is 1.53 bits per heavy atom. The Hall–Kier alpha value is -1.18. The first-order valence-corrected chi connectivity index (χ1v) is 4.31. The van der Waals surface area contributed by atoms with Crippen LogP contribution in [-0.2, 0) is 9.59 Å². The van der Waals surface area contributed by atoms with Crippen molar-refractivity contribution in [1.82, 2.24) is 0 Å². The molecule has 2 atom stereocenters. The number of aliphatic hydroxyl groups excluding tert-OH is 1. The van der Waals surface area contributed by atoms with Crippen molar-refractivity contribution in [2.75, 3.05) is 6.61 Å². The molecule has 7 heteroatoms. The molecule has 0 spiro atoms. The molecule has 0 radical (unpaired) electrons. The van der Waals surface area contributed by atoms with Crippen LogP contribution >= 0.6 is 0 Å². The summed E-state index contributed by atoms with van der Waals surface area (Å²) in [4.78, 5) is 19.7. The first-order chi connectivity index (χ1) is 6.73. The highest BCUT2D eigenvalue weighted by Crippen LogP contribution is 1.96. The lowest BCUT2D eigenvalue weighted by molar-refractivity contribution is -0.140. The highest BCUT2D eigenvalue weighted by atomic mass is 16.4. The zero-order valence-electron chi connectivity index (χ0n) is 8.75. The van der Waals surface area contributed by atoms with Crippen LogP contribution in [0.15, 0.2) is 0 Å². The van der Waals surface area contributed by atoms with Gasteiger partial charge in [0.05, 0.1) is 6.61 Å². The van der Waals surface area contributed by atoms with Crippen LogP contribution in [0.4, 0.5) is 0 Å². The Kier molecular flexibility index (Phi) is 8.84. The number of aliphatic carboxylic acids is 2. The lowest BCUT2D eigenvalue weighted by Crippen LogP contribution is -2.34.